The molecule has 3 aromatic rings. The predicted molar refractivity (Wildman–Crippen MR) is 120 cm³/mol. The van der Waals surface area contributed by atoms with Crippen molar-refractivity contribution in [2.75, 3.05) is 26.2 Å². The summed E-state index contributed by atoms with van der Waals surface area (Å²) >= 11 is 0. The number of piperazine rings is 1. The molecule has 7 heteroatoms. The number of amides is 2. The molecule has 0 atom stereocenters. The Morgan fingerprint density at radius 1 is 1.03 bits per heavy atom. The molecule has 162 valence electrons. The normalized spacial score (nSPS) is 14.7. The van der Waals surface area contributed by atoms with E-state index < -0.39 is 0 Å². The number of hydrogen-bond donors (Lipinski definition) is 1. The van der Waals surface area contributed by atoms with E-state index >= 15 is 0 Å². The zero-order chi connectivity index (χ0) is 22.0. The first kappa shape index (κ1) is 21.1. The van der Waals surface area contributed by atoms with Gasteiger partial charge in [0, 0.05) is 58.0 Å². The van der Waals surface area contributed by atoms with Crippen molar-refractivity contribution in [2.45, 2.75) is 33.9 Å². The van der Waals surface area contributed by atoms with Crippen LogP contribution in [0, 0.1) is 13.8 Å². The molecule has 3 heterocycles. The van der Waals surface area contributed by atoms with Crippen LogP contribution in [0.25, 0.3) is 5.65 Å². The van der Waals surface area contributed by atoms with Crippen molar-refractivity contribution in [1.82, 2.24) is 24.5 Å². The van der Waals surface area contributed by atoms with Gasteiger partial charge < -0.3 is 14.6 Å². The molecule has 0 bridgehead atoms. The Labute approximate surface area is 182 Å². The summed E-state index contributed by atoms with van der Waals surface area (Å²) in [6.45, 7) is 10.0. The van der Waals surface area contributed by atoms with Gasteiger partial charge in [0.25, 0.3) is 5.91 Å². The molecule has 0 saturated carbocycles. The number of fused-ring (bicyclic) bond motifs is 1. The fourth-order valence-corrected chi connectivity index (χ4v) is 4.00. The Bertz CT molecular complexity index is 1100. The molecule has 0 radical (unpaired) electrons. The second-order valence-electron chi connectivity index (χ2n) is 8.25. The minimum Gasteiger partial charge on any atom is -0.352 e. The van der Waals surface area contributed by atoms with Crippen molar-refractivity contribution in [3.05, 3.63) is 70.7 Å². The SMILES string of the molecule is CC(=O)NCc1ccc(C(=O)N2CCN(Cc3c(C)nc4cc(C)ccn34)CC2)cc1. The number of benzene rings is 1. The van der Waals surface area contributed by atoms with Gasteiger partial charge in [0.2, 0.25) is 5.91 Å². The number of carbonyl (C=O) groups is 2. The molecule has 7 nitrogen and oxygen atoms in total. The third-order valence-electron chi connectivity index (χ3n) is 5.86. The van der Waals surface area contributed by atoms with Gasteiger partial charge in [0.05, 0.1) is 11.4 Å². The van der Waals surface area contributed by atoms with Crippen LogP contribution in [0.1, 0.15) is 39.8 Å². The Morgan fingerprint density at radius 2 is 1.74 bits per heavy atom. The van der Waals surface area contributed by atoms with Crippen LogP contribution in [0.5, 0.6) is 0 Å². The topological polar surface area (TPSA) is 70.0 Å². The maximum Gasteiger partial charge on any atom is 0.253 e. The third kappa shape index (κ3) is 4.77. The maximum absolute atomic E-state index is 12.9. The maximum atomic E-state index is 12.9. The van der Waals surface area contributed by atoms with E-state index in [1.54, 1.807) is 0 Å². The smallest absolute Gasteiger partial charge is 0.253 e. The van der Waals surface area contributed by atoms with Crippen LogP contribution in [-0.2, 0) is 17.9 Å². The number of imidazole rings is 1. The molecule has 2 aromatic heterocycles. The van der Waals surface area contributed by atoms with Gasteiger partial charge in [-0.2, -0.15) is 0 Å². The Kier molecular flexibility index (Phi) is 6.04. The number of nitrogens with one attached hydrogen (secondary N) is 1. The number of aromatic nitrogens is 2. The van der Waals surface area contributed by atoms with E-state index in [1.165, 1.54) is 18.2 Å². The van der Waals surface area contributed by atoms with Crippen LogP contribution in [0.3, 0.4) is 0 Å². The molecule has 1 fully saturated rings. The lowest BCUT2D eigenvalue weighted by atomic mass is 10.1. The molecule has 1 aromatic carbocycles. The molecule has 0 unspecified atom stereocenters. The number of nitrogens with zero attached hydrogens (tertiary/aromatic N) is 4. The summed E-state index contributed by atoms with van der Waals surface area (Å²) in [4.78, 5) is 32.9. The lowest BCUT2D eigenvalue weighted by molar-refractivity contribution is -0.119. The van der Waals surface area contributed by atoms with Gasteiger partial charge in [0.1, 0.15) is 5.65 Å². The summed E-state index contributed by atoms with van der Waals surface area (Å²) in [6, 6.07) is 11.7. The van der Waals surface area contributed by atoms with E-state index in [2.05, 4.69) is 46.8 Å². The molecule has 0 aliphatic carbocycles. The van der Waals surface area contributed by atoms with Crippen LogP contribution in [0.2, 0.25) is 0 Å². The Balaban J connectivity index is 1.35. The molecule has 1 aliphatic rings. The number of rotatable bonds is 5. The van der Waals surface area contributed by atoms with E-state index in [-0.39, 0.29) is 11.8 Å². The van der Waals surface area contributed by atoms with Crippen LogP contribution in [-0.4, -0.2) is 57.2 Å². The monoisotopic (exact) mass is 419 g/mol. The Morgan fingerprint density at radius 3 is 2.42 bits per heavy atom. The first-order valence-electron chi connectivity index (χ1n) is 10.7. The van der Waals surface area contributed by atoms with Gasteiger partial charge in [-0.15, -0.1) is 0 Å². The first-order chi connectivity index (χ1) is 14.9. The first-order valence-corrected chi connectivity index (χ1v) is 10.7. The number of aryl methyl sites for hydroxylation is 2. The average Bonchev–Trinajstić information content (AvgIpc) is 3.06. The summed E-state index contributed by atoms with van der Waals surface area (Å²) < 4.78 is 2.17. The summed E-state index contributed by atoms with van der Waals surface area (Å²) in [7, 11) is 0. The zero-order valence-corrected chi connectivity index (χ0v) is 18.4. The van der Waals surface area contributed by atoms with Crippen molar-refractivity contribution in [3.63, 3.8) is 0 Å². The number of hydrogen-bond acceptors (Lipinski definition) is 4. The molecule has 1 saturated heterocycles. The highest BCUT2D eigenvalue weighted by atomic mass is 16.2. The summed E-state index contributed by atoms with van der Waals surface area (Å²) in [5, 5.41) is 2.77. The highest BCUT2D eigenvalue weighted by molar-refractivity contribution is 5.94. The summed E-state index contributed by atoms with van der Waals surface area (Å²) in [5.41, 5.74) is 6.14. The average molecular weight is 420 g/mol. The van der Waals surface area contributed by atoms with Gasteiger partial charge in [-0.1, -0.05) is 12.1 Å². The predicted octanol–water partition coefficient (Wildman–Crippen LogP) is 2.55. The second kappa shape index (κ2) is 8.89. The molecule has 31 heavy (non-hydrogen) atoms. The largest absolute Gasteiger partial charge is 0.352 e. The van der Waals surface area contributed by atoms with Gasteiger partial charge in [-0.3, -0.25) is 14.5 Å². The van der Waals surface area contributed by atoms with Crippen molar-refractivity contribution >= 4 is 17.5 Å². The van der Waals surface area contributed by atoms with Crippen molar-refractivity contribution in [3.8, 4) is 0 Å². The van der Waals surface area contributed by atoms with E-state index in [1.807, 2.05) is 29.2 Å². The third-order valence-corrected chi connectivity index (χ3v) is 5.86. The molecule has 4 rings (SSSR count). The fourth-order valence-electron chi connectivity index (χ4n) is 4.00. The van der Waals surface area contributed by atoms with Crippen molar-refractivity contribution < 1.29 is 9.59 Å². The second-order valence-corrected chi connectivity index (χ2v) is 8.25. The summed E-state index contributed by atoms with van der Waals surface area (Å²) in [5.74, 6) is -0.000515. The minimum atomic E-state index is -0.0627. The molecule has 1 N–H and O–H groups in total. The van der Waals surface area contributed by atoms with E-state index in [0.29, 0.717) is 25.2 Å². The molecular formula is C24H29N5O2. The lowest BCUT2D eigenvalue weighted by Crippen LogP contribution is -2.48. The number of pyridine rings is 1. The van der Waals surface area contributed by atoms with Gasteiger partial charge >= 0.3 is 0 Å². The van der Waals surface area contributed by atoms with Gasteiger partial charge in [-0.05, 0) is 49.2 Å². The highest BCUT2D eigenvalue weighted by Gasteiger charge is 2.23. The molecule has 0 spiro atoms. The summed E-state index contributed by atoms with van der Waals surface area (Å²) in [6.07, 6.45) is 2.09. The quantitative estimate of drug-likeness (QED) is 0.690. The van der Waals surface area contributed by atoms with Crippen molar-refractivity contribution in [1.29, 1.82) is 0 Å². The van der Waals surface area contributed by atoms with Crippen LogP contribution in [0.4, 0.5) is 0 Å². The minimum absolute atomic E-state index is 0.0622. The molecule has 2 amide bonds. The van der Waals surface area contributed by atoms with Crippen molar-refractivity contribution in [2.24, 2.45) is 0 Å². The standard InChI is InChI=1S/C24H29N5O2/c1-17-8-9-29-22(18(2)26-23(29)14-17)16-27-10-12-28(13-11-27)24(31)21-6-4-20(5-7-21)15-25-19(3)30/h4-9,14H,10-13,15-16H2,1-3H3,(H,25,30). The molecular weight excluding hydrogens is 390 g/mol. The highest BCUT2D eigenvalue weighted by Crippen LogP contribution is 2.17. The van der Waals surface area contributed by atoms with E-state index in [0.717, 1.165) is 36.5 Å². The van der Waals surface area contributed by atoms with Crippen LogP contribution < -0.4 is 5.32 Å². The Hall–Kier alpha value is -3.19. The van der Waals surface area contributed by atoms with Gasteiger partial charge in [-0.25, -0.2) is 4.98 Å². The van der Waals surface area contributed by atoms with E-state index in [4.69, 9.17) is 4.98 Å². The van der Waals surface area contributed by atoms with Crippen LogP contribution in [0.15, 0.2) is 42.6 Å². The number of carbonyl (C=O) groups excluding carboxylic acids is 2. The fraction of sp³-hybridized carbons (Fsp3) is 0.375. The zero-order valence-electron chi connectivity index (χ0n) is 18.4. The van der Waals surface area contributed by atoms with Crippen LogP contribution >= 0.6 is 0 Å². The van der Waals surface area contributed by atoms with E-state index in [9.17, 15) is 9.59 Å². The van der Waals surface area contributed by atoms with Gasteiger partial charge in [0.15, 0.2) is 0 Å². The molecule has 1 aliphatic heterocycles. The lowest BCUT2D eigenvalue weighted by Gasteiger charge is -2.34.